The number of carbonyl (C=O) groups is 2. The minimum absolute atomic E-state index is 0.0366. The molecule has 6 heteroatoms. The Bertz CT molecular complexity index is 923. The van der Waals surface area contributed by atoms with E-state index in [0.29, 0.717) is 25.4 Å². The van der Waals surface area contributed by atoms with Gasteiger partial charge in [0.1, 0.15) is 6.10 Å². The zero-order valence-electron chi connectivity index (χ0n) is 18.7. The molecule has 3 fully saturated rings. The van der Waals surface area contributed by atoms with Crippen LogP contribution in [0.4, 0.5) is 10.5 Å². The zero-order valence-corrected chi connectivity index (χ0v) is 18.7. The number of amides is 1. The Morgan fingerprint density at radius 3 is 2.56 bits per heavy atom. The Morgan fingerprint density at radius 2 is 1.88 bits per heavy atom. The first kappa shape index (κ1) is 22.3. The van der Waals surface area contributed by atoms with Gasteiger partial charge in [-0.05, 0) is 68.8 Å². The maximum atomic E-state index is 12.8. The van der Waals surface area contributed by atoms with Crippen molar-refractivity contribution in [1.82, 2.24) is 4.90 Å². The maximum absolute atomic E-state index is 12.8. The van der Waals surface area contributed by atoms with E-state index in [2.05, 4.69) is 16.3 Å². The number of ether oxygens (including phenoxy) is 2. The van der Waals surface area contributed by atoms with E-state index in [0.717, 1.165) is 61.3 Å². The van der Waals surface area contributed by atoms with Crippen LogP contribution in [0.5, 0.6) is 0 Å². The SMILES string of the molecule is CCOC(=O)CCCc1ccc(-c2ccccc2)c(NC(=O)O[C@H]2CN3CCC2CC3)c1. The van der Waals surface area contributed by atoms with Crippen molar-refractivity contribution in [3.8, 4) is 11.1 Å². The van der Waals surface area contributed by atoms with Crippen molar-refractivity contribution >= 4 is 17.7 Å². The number of nitrogens with one attached hydrogen (secondary N) is 1. The van der Waals surface area contributed by atoms with Gasteiger partial charge in [-0.25, -0.2) is 4.79 Å². The number of carbonyl (C=O) groups excluding carboxylic acids is 2. The lowest BCUT2D eigenvalue weighted by molar-refractivity contribution is -0.143. The van der Waals surface area contributed by atoms with Crippen molar-refractivity contribution in [3.05, 3.63) is 54.1 Å². The summed E-state index contributed by atoms with van der Waals surface area (Å²) in [5.41, 5.74) is 3.78. The topological polar surface area (TPSA) is 67.9 Å². The summed E-state index contributed by atoms with van der Waals surface area (Å²) < 4.78 is 10.9. The monoisotopic (exact) mass is 436 g/mol. The second-order valence-electron chi connectivity index (χ2n) is 8.61. The molecule has 2 aromatic carbocycles. The van der Waals surface area contributed by atoms with Crippen LogP contribution in [-0.4, -0.2) is 49.3 Å². The number of hydrogen-bond acceptors (Lipinski definition) is 5. The number of aryl methyl sites for hydroxylation is 1. The Morgan fingerprint density at radius 1 is 1.09 bits per heavy atom. The van der Waals surface area contributed by atoms with Crippen LogP contribution in [0.15, 0.2) is 48.5 Å². The van der Waals surface area contributed by atoms with Gasteiger partial charge in [-0.15, -0.1) is 0 Å². The molecule has 0 aromatic heterocycles. The van der Waals surface area contributed by atoms with Crippen molar-refractivity contribution in [2.24, 2.45) is 5.92 Å². The highest BCUT2D eigenvalue weighted by atomic mass is 16.6. The molecule has 1 N–H and O–H groups in total. The average molecular weight is 437 g/mol. The number of hydrogen-bond donors (Lipinski definition) is 1. The highest BCUT2D eigenvalue weighted by molar-refractivity contribution is 5.91. The molecular weight excluding hydrogens is 404 g/mol. The average Bonchev–Trinajstić information content (AvgIpc) is 2.81. The van der Waals surface area contributed by atoms with E-state index in [-0.39, 0.29) is 12.1 Å². The third-order valence-corrected chi connectivity index (χ3v) is 6.41. The summed E-state index contributed by atoms with van der Waals surface area (Å²) in [7, 11) is 0. The Balaban J connectivity index is 1.46. The van der Waals surface area contributed by atoms with Crippen molar-refractivity contribution in [2.75, 3.05) is 31.6 Å². The molecule has 0 spiro atoms. The summed E-state index contributed by atoms with van der Waals surface area (Å²) in [6, 6.07) is 16.1. The molecule has 3 saturated heterocycles. The van der Waals surface area contributed by atoms with Crippen LogP contribution >= 0.6 is 0 Å². The van der Waals surface area contributed by atoms with Crippen molar-refractivity contribution < 1.29 is 19.1 Å². The first-order chi connectivity index (χ1) is 15.6. The van der Waals surface area contributed by atoms with Crippen LogP contribution in [0.25, 0.3) is 11.1 Å². The predicted molar refractivity (Wildman–Crippen MR) is 125 cm³/mol. The Hall–Kier alpha value is -2.86. The van der Waals surface area contributed by atoms with Gasteiger partial charge in [-0.2, -0.15) is 0 Å². The number of anilines is 1. The van der Waals surface area contributed by atoms with E-state index in [1.807, 2.05) is 49.4 Å². The Kier molecular flexibility index (Phi) is 7.43. The third kappa shape index (κ3) is 5.68. The van der Waals surface area contributed by atoms with Gasteiger partial charge in [0.05, 0.1) is 12.3 Å². The lowest BCUT2D eigenvalue weighted by Crippen LogP contribution is -2.52. The minimum Gasteiger partial charge on any atom is -0.466 e. The molecule has 0 radical (unpaired) electrons. The fraction of sp³-hybridized carbons (Fsp3) is 0.462. The molecule has 1 atom stereocenters. The van der Waals surface area contributed by atoms with Gasteiger partial charge in [-0.3, -0.25) is 15.0 Å². The fourth-order valence-electron chi connectivity index (χ4n) is 4.71. The Labute approximate surface area is 189 Å². The second kappa shape index (κ2) is 10.6. The van der Waals surface area contributed by atoms with E-state index in [4.69, 9.17) is 9.47 Å². The van der Waals surface area contributed by atoms with Crippen LogP contribution in [0.3, 0.4) is 0 Å². The predicted octanol–water partition coefficient (Wildman–Crippen LogP) is 4.88. The van der Waals surface area contributed by atoms with E-state index in [1.165, 1.54) is 0 Å². The molecule has 0 aliphatic carbocycles. The van der Waals surface area contributed by atoms with Crippen LogP contribution in [0.1, 0.15) is 38.2 Å². The molecular formula is C26H32N2O4. The van der Waals surface area contributed by atoms with Crippen molar-refractivity contribution in [1.29, 1.82) is 0 Å². The van der Waals surface area contributed by atoms with Gasteiger partial charge in [0.15, 0.2) is 0 Å². The number of esters is 1. The summed E-state index contributed by atoms with van der Waals surface area (Å²) in [6.45, 7) is 5.27. The lowest BCUT2D eigenvalue weighted by atomic mass is 9.86. The normalized spacial score (nSPS) is 21.7. The van der Waals surface area contributed by atoms with Crippen LogP contribution in [0, 0.1) is 5.92 Å². The molecule has 3 aliphatic heterocycles. The van der Waals surface area contributed by atoms with Gasteiger partial charge in [0.2, 0.25) is 0 Å². The number of nitrogens with zero attached hydrogens (tertiary/aromatic N) is 1. The summed E-state index contributed by atoms with van der Waals surface area (Å²) >= 11 is 0. The van der Waals surface area contributed by atoms with Gasteiger partial charge in [0, 0.05) is 18.5 Å². The summed E-state index contributed by atoms with van der Waals surface area (Å²) in [4.78, 5) is 26.8. The standard InChI is InChI=1S/C26H32N2O4/c1-2-31-25(29)10-6-7-19-11-12-22(20-8-4-3-5-9-20)23(17-19)27-26(30)32-24-18-28-15-13-21(24)14-16-28/h3-5,8-9,11-12,17,21,24H,2,6-7,10,13-16,18H2,1H3,(H,27,30)/t24-/m0/s1. The summed E-state index contributed by atoms with van der Waals surface area (Å²) in [6.07, 6.45) is 3.59. The summed E-state index contributed by atoms with van der Waals surface area (Å²) in [5.74, 6) is 0.293. The van der Waals surface area contributed by atoms with E-state index >= 15 is 0 Å². The summed E-state index contributed by atoms with van der Waals surface area (Å²) in [5, 5.41) is 3.00. The van der Waals surface area contributed by atoms with Crippen molar-refractivity contribution in [3.63, 3.8) is 0 Å². The van der Waals surface area contributed by atoms with E-state index in [1.54, 1.807) is 0 Å². The highest BCUT2D eigenvalue weighted by Crippen LogP contribution is 2.32. The number of benzene rings is 2. The number of rotatable bonds is 8. The van der Waals surface area contributed by atoms with Crippen molar-refractivity contribution in [2.45, 2.75) is 45.1 Å². The quantitative estimate of drug-likeness (QED) is 0.597. The van der Waals surface area contributed by atoms with Gasteiger partial charge < -0.3 is 9.47 Å². The van der Waals surface area contributed by atoms with Crippen LogP contribution in [0.2, 0.25) is 0 Å². The van der Waals surface area contributed by atoms with Crippen LogP contribution in [-0.2, 0) is 20.7 Å². The zero-order chi connectivity index (χ0) is 22.3. The fourth-order valence-corrected chi connectivity index (χ4v) is 4.71. The van der Waals surface area contributed by atoms with E-state index < -0.39 is 6.09 Å². The van der Waals surface area contributed by atoms with Gasteiger partial charge >= 0.3 is 12.1 Å². The lowest BCUT2D eigenvalue weighted by Gasteiger charge is -2.43. The number of fused-ring (bicyclic) bond motifs is 3. The second-order valence-corrected chi connectivity index (χ2v) is 8.61. The van der Waals surface area contributed by atoms with Crippen LogP contribution < -0.4 is 5.32 Å². The smallest absolute Gasteiger partial charge is 0.411 e. The molecule has 170 valence electrons. The first-order valence-electron chi connectivity index (χ1n) is 11.7. The molecule has 0 saturated carbocycles. The molecule has 0 unspecified atom stereocenters. The van der Waals surface area contributed by atoms with Gasteiger partial charge in [0.25, 0.3) is 0 Å². The van der Waals surface area contributed by atoms with Gasteiger partial charge in [-0.1, -0.05) is 42.5 Å². The first-order valence-corrected chi connectivity index (χ1v) is 11.7. The molecule has 6 nitrogen and oxygen atoms in total. The number of piperidine rings is 3. The molecule has 2 aromatic rings. The van der Waals surface area contributed by atoms with E-state index in [9.17, 15) is 9.59 Å². The molecule has 3 aliphatic rings. The molecule has 32 heavy (non-hydrogen) atoms. The largest absolute Gasteiger partial charge is 0.466 e. The molecule has 2 bridgehead atoms. The molecule has 1 amide bonds. The maximum Gasteiger partial charge on any atom is 0.411 e. The minimum atomic E-state index is -0.399. The third-order valence-electron chi connectivity index (χ3n) is 6.41. The highest BCUT2D eigenvalue weighted by Gasteiger charge is 2.36. The molecule has 5 rings (SSSR count). The molecule has 3 heterocycles.